The summed E-state index contributed by atoms with van der Waals surface area (Å²) in [6.45, 7) is 2.56. The molecule has 152 valence electrons. The number of carboxylic acids is 1. The zero-order valence-electron chi connectivity index (χ0n) is 15.6. The Morgan fingerprint density at radius 3 is 2.52 bits per heavy atom. The second-order valence-electron chi connectivity index (χ2n) is 5.89. The number of ether oxygens (including phenoxy) is 2. The molecule has 0 spiro atoms. The van der Waals surface area contributed by atoms with Crippen LogP contribution in [0.4, 0.5) is 0 Å². The lowest BCUT2D eigenvalue weighted by atomic mass is 10.1. The first-order valence-corrected chi connectivity index (χ1v) is 12.0. The van der Waals surface area contributed by atoms with E-state index in [2.05, 4.69) is 85.7 Å². The molecule has 2 rings (SSSR count). The minimum Gasteiger partial charge on any atom is -0.488 e. The summed E-state index contributed by atoms with van der Waals surface area (Å²) in [6.07, 6.45) is 3.14. The SMILES string of the molecule is CCOC(Cc1ccc(OC/C=C\C#Cc2cc(I)cc(I)c2)c(I)c1)C(=O)O. The maximum Gasteiger partial charge on any atom is 0.333 e. The van der Waals surface area contributed by atoms with Crippen molar-refractivity contribution < 1.29 is 19.4 Å². The summed E-state index contributed by atoms with van der Waals surface area (Å²) in [5, 5.41) is 9.21. The molecule has 0 amide bonds. The largest absolute Gasteiger partial charge is 0.488 e. The molecule has 0 saturated heterocycles. The van der Waals surface area contributed by atoms with E-state index in [1.807, 2.05) is 36.4 Å². The summed E-state index contributed by atoms with van der Waals surface area (Å²) in [6, 6.07) is 11.8. The molecule has 0 aromatic heterocycles. The van der Waals surface area contributed by atoms with Gasteiger partial charge in [-0.25, -0.2) is 4.79 Å². The smallest absolute Gasteiger partial charge is 0.333 e. The Bertz CT molecular complexity index is 925. The molecule has 1 atom stereocenters. The van der Waals surface area contributed by atoms with Crippen molar-refractivity contribution in [3.8, 4) is 17.6 Å². The van der Waals surface area contributed by atoms with Crippen molar-refractivity contribution in [1.82, 2.24) is 0 Å². The minimum atomic E-state index is -0.951. The van der Waals surface area contributed by atoms with Gasteiger partial charge >= 0.3 is 5.97 Å². The third-order valence-electron chi connectivity index (χ3n) is 3.68. The van der Waals surface area contributed by atoms with Gasteiger partial charge in [-0.1, -0.05) is 17.9 Å². The monoisotopic (exact) mass is 728 g/mol. The summed E-state index contributed by atoms with van der Waals surface area (Å²) in [5.74, 6) is 5.94. The van der Waals surface area contributed by atoms with E-state index in [0.29, 0.717) is 19.6 Å². The highest BCUT2D eigenvalue weighted by atomic mass is 127. The van der Waals surface area contributed by atoms with Crippen molar-refractivity contribution in [1.29, 1.82) is 0 Å². The molecule has 0 aliphatic heterocycles. The maximum atomic E-state index is 11.2. The van der Waals surface area contributed by atoms with Gasteiger partial charge in [0.05, 0.1) is 3.57 Å². The van der Waals surface area contributed by atoms with Crippen LogP contribution in [0.5, 0.6) is 5.75 Å². The molecule has 0 radical (unpaired) electrons. The number of rotatable bonds is 8. The number of allylic oxidation sites excluding steroid dienone is 1. The van der Waals surface area contributed by atoms with Gasteiger partial charge in [0.2, 0.25) is 0 Å². The molecule has 0 saturated carbocycles. The minimum absolute atomic E-state index is 0.326. The fourth-order valence-electron chi connectivity index (χ4n) is 2.42. The van der Waals surface area contributed by atoms with Crippen molar-refractivity contribution in [2.75, 3.05) is 13.2 Å². The van der Waals surface area contributed by atoms with Gasteiger partial charge in [0, 0.05) is 25.7 Å². The molecule has 0 fully saturated rings. The van der Waals surface area contributed by atoms with E-state index in [1.54, 1.807) is 13.0 Å². The Labute approximate surface area is 211 Å². The van der Waals surface area contributed by atoms with Crippen molar-refractivity contribution >= 4 is 73.7 Å². The lowest BCUT2D eigenvalue weighted by molar-refractivity contribution is -0.149. The van der Waals surface area contributed by atoms with Crippen LogP contribution in [0.1, 0.15) is 18.1 Å². The number of carboxylic acid groups (broad SMARTS) is 1. The van der Waals surface area contributed by atoms with Gasteiger partial charge in [-0.3, -0.25) is 0 Å². The molecular weight excluding hydrogens is 709 g/mol. The highest BCUT2D eigenvalue weighted by Crippen LogP contribution is 2.23. The molecular formula is C22H19I3O4. The van der Waals surface area contributed by atoms with Crippen LogP contribution in [-0.2, 0) is 16.0 Å². The summed E-state index contributed by atoms with van der Waals surface area (Å²) in [5.41, 5.74) is 1.89. The number of halogens is 3. The molecule has 0 aliphatic rings. The quantitative estimate of drug-likeness (QED) is 0.288. The summed E-state index contributed by atoms with van der Waals surface area (Å²) in [7, 11) is 0. The van der Waals surface area contributed by atoms with E-state index in [1.165, 1.54) is 7.14 Å². The Kier molecular flexibility index (Phi) is 10.8. The standard InChI is InChI=1S/C22H19I3O4/c1-2-28-21(22(26)27)13-16-7-8-20(19(25)12-16)29-9-5-3-4-6-15-10-17(23)14-18(24)11-15/h3,5,7-8,10-12,14,21H,2,9,13H2,1H3,(H,26,27)/b5-3-. The molecule has 0 heterocycles. The molecule has 2 aromatic rings. The lowest BCUT2D eigenvalue weighted by Crippen LogP contribution is -2.26. The predicted octanol–water partition coefficient (Wildman–Crippen LogP) is 5.52. The van der Waals surface area contributed by atoms with Crippen molar-refractivity contribution in [2.24, 2.45) is 0 Å². The van der Waals surface area contributed by atoms with Crippen LogP contribution < -0.4 is 4.74 Å². The van der Waals surface area contributed by atoms with Crippen LogP contribution in [0.3, 0.4) is 0 Å². The van der Waals surface area contributed by atoms with Crippen LogP contribution in [0.2, 0.25) is 0 Å². The number of benzene rings is 2. The zero-order valence-corrected chi connectivity index (χ0v) is 22.1. The van der Waals surface area contributed by atoms with E-state index in [0.717, 1.165) is 20.4 Å². The normalized spacial score (nSPS) is 11.7. The first kappa shape index (κ1) is 24.4. The number of aliphatic carboxylic acids is 1. The van der Waals surface area contributed by atoms with Gasteiger partial charge in [-0.2, -0.15) is 0 Å². The van der Waals surface area contributed by atoms with E-state index in [4.69, 9.17) is 9.47 Å². The molecule has 1 unspecified atom stereocenters. The molecule has 1 N–H and O–H groups in total. The van der Waals surface area contributed by atoms with Crippen LogP contribution >= 0.6 is 67.8 Å². The summed E-state index contributed by atoms with van der Waals surface area (Å²) >= 11 is 6.75. The van der Waals surface area contributed by atoms with Crippen molar-refractivity contribution in [3.05, 3.63) is 70.4 Å². The third kappa shape index (κ3) is 8.82. The fourth-order valence-corrected chi connectivity index (χ4v) is 5.09. The average molecular weight is 728 g/mol. The van der Waals surface area contributed by atoms with E-state index < -0.39 is 12.1 Å². The summed E-state index contributed by atoms with van der Waals surface area (Å²) < 4.78 is 14.3. The van der Waals surface area contributed by atoms with Crippen molar-refractivity contribution in [2.45, 2.75) is 19.4 Å². The number of hydrogen-bond donors (Lipinski definition) is 1. The van der Waals surface area contributed by atoms with E-state index >= 15 is 0 Å². The summed E-state index contributed by atoms with van der Waals surface area (Å²) in [4.78, 5) is 11.2. The molecule has 0 bridgehead atoms. The highest BCUT2D eigenvalue weighted by Gasteiger charge is 2.18. The first-order valence-electron chi connectivity index (χ1n) is 8.77. The van der Waals surface area contributed by atoms with Crippen molar-refractivity contribution in [3.63, 3.8) is 0 Å². The van der Waals surface area contributed by atoms with Gasteiger partial charge in [0.15, 0.2) is 6.10 Å². The zero-order chi connectivity index (χ0) is 21.2. The van der Waals surface area contributed by atoms with Gasteiger partial charge < -0.3 is 14.6 Å². The topological polar surface area (TPSA) is 55.8 Å². The average Bonchev–Trinajstić information content (AvgIpc) is 2.64. The van der Waals surface area contributed by atoms with E-state index in [9.17, 15) is 9.90 Å². The van der Waals surface area contributed by atoms with Crippen LogP contribution in [0, 0.1) is 22.6 Å². The van der Waals surface area contributed by atoms with Crippen LogP contribution in [0.25, 0.3) is 0 Å². The van der Waals surface area contributed by atoms with Gasteiger partial charge in [0.1, 0.15) is 12.4 Å². The molecule has 29 heavy (non-hydrogen) atoms. The Balaban J connectivity index is 1.90. The predicted molar refractivity (Wildman–Crippen MR) is 139 cm³/mol. The first-order chi connectivity index (χ1) is 13.9. The van der Waals surface area contributed by atoms with Crippen LogP contribution in [-0.4, -0.2) is 30.4 Å². The molecule has 4 nitrogen and oxygen atoms in total. The molecule has 2 aromatic carbocycles. The number of carbonyl (C=O) groups is 1. The Morgan fingerprint density at radius 1 is 1.17 bits per heavy atom. The molecule has 7 heteroatoms. The van der Waals surface area contributed by atoms with Crippen LogP contribution in [0.15, 0.2) is 48.6 Å². The van der Waals surface area contributed by atoms with Gasteiger partial charge in [0.25, 0.3) is 0 Å². The maximum absolute atomic E-state index is 11.2. The molecule has 0 aliphatic carbocycles. The second-order valence-corrected chi connectivity index (χ2v) is 9.55. The highest BCUT2D eigenvalue weighted by molar-refractivity contribution is 14.1. The lowest BCUT2D eigenvalue weighted by Gasteiger charge is -2.13. The van der Waals surface area contributed by atoms with Gasteiger partial charge in [-0.05, 0) is 123 Å². The Morgan fingerprint density at radius 2 is 1.90 bits per heavy atom. The Hall–Kier alpha value is -0.840. The second kappa shape index (κ2) is 12.8. The van der Waals surface area contributed by atoms with E-state index in [-0.39, 0.29) is 0 Å². The third-order valence-corrected chi connectivity index (χ3v) is 5.76. The van der Waals surface area contributed by atoms with Gasteiger partial charge in [-0.15, -0.1) is 0 Å². The number of hydrogen-bond acceptors (Lipinski definition) is 3. The fraction of sp³-hybridized carbons (Fsp3) is 0.227.